The fourth-order valence-electron chi connectivity index (χ4n) is 2.73. The molecule has 0 aliphatic heterocycles. The smallest absolute Gasteiger partial charge is 0.220 e. The molecule has 0 aliphatic rings. The Morgan fingerprint density at radius 3 is 2.35 bits per heavy atom. The molecule has 2 rings (SSSR count). The third kappa shape index (κ3) is 5.18. The van der Waals surface area contributed by atoms with E-state index in [0.717, 1.165) is 5.56 Å². The maximum Gasteiger partial charge on any atom is 0.220 e. The van der Waals surface area contributed by atoms with Gasteiger partial charge in [-0.3, -0.25) is 4.79 Å². The molecule has 0 aliphatic carbocycles. The molecule has 0 radical (unpaired) electrons. The minimum absolute atomic E-state index is 0.0137. The lowest BCUT2D eigenvalue weighted by Crippen LogP contribution is -2.34. The highest BCUT2D eigenvalue weighted by atomic mass is 19.1. The number of hydrogen-bond donors (Lipinski definition) is 1. The molecular formula is C20H23F2NO3. The molecule has 0 spiro atoms. The number of amides is 1. The molecule has 26 heavy (non-hydrogen) atoms. The summed E-state index contributed by atoms with van der Waals surface area (Å²) in [6, 6.07) is 8.85. The summed E-state index contributed by atoms with van der Waals surface area (Å²) in [4.78, 5) is 12.1. The molecular weight excluding hydrogens is 340 g/mol. The molecule has 1 unspecified atom stereocenters. The highest BCUT2D eigenvalue weighted by molar-refractivity contribution is 5.76. The predicted octanol–water partition coefficient (Wildman–Crippen LogP) is 3.66. The molecule has 1 amide bonds. The van der Waals surface area contributed by atoms with E-state index in [2.05, 4.69) is 5.32 Å². The maximum absolute atomic E-state index is 13.7. The third-order valence-corrected chi connectivity index (χ3v) is 4.07. The quantitative estimate of drug-likeness (QED) is 0.779. The van der Waals surface area contributed by atoms with Crippen molar-refractivity contribution in [3.05, 3.63) is 59.2 Å². The molecule has 0 bridgehead atoms. The van der Waals surface area contributed by atoms with Gasteiger partial charge in [-0.1, -0.05) is 12.1 Å². The summed E-state index contributed by atoms with van der Waals surface area (Å²) < 4.78 is 37.8. The SMILES string of the molecule is COc1ccc(CCC(=O)NC(C)Cc2c(F)cccc2F)cc1OC. The Balaban J connectivity index is 1.88. The molecule has 1 N–H and O–H groups in total. The Morgan fingerprint density at radius 1 is 1.08 bits per heavy atom. The number of halogens is 2. The van der Waals surface area contributed by atoms with Gasteiger partial charge in [0.1, 0.15) is 11.6 Å². The van der Waals surface area contributed by atoms with Crippen molar-refractivity contribution in [2.75, 3.05) is 14.2 Å². The minimum atomic E-state index is -0.601. The average molecular weight is 363 g/mol. The topological polar surface area (TPSA) is 47.6 Å². The first-order valence-electron chi connectivity index (χ1n) is 8.37. The van der Waals surface area contributed by atoms with Crippen molar-refractivity contribution in [1.82, 2.24) is 5.32 Å². The second kappa shape index (κ2) is 9.17. The molecule has 4 nitrogen and oxygen atoms in total. The van der Waals surface area contributed by atoms with E-state index in [0.29, 0.717) is 17.9 Å². The van der Waals surface area contributed by atoms with E-state index in [4.69, 9.17) is 9.47 Å². The summed E-state index contributed by atoms with van der Waals surface area (Å²) in [5.41, 5.74) is 0.922. The maximum atomic E-state index is 13.7. The Morgan fingerprint density at radius 2 is 1.73 bits per heavy atom. The predicted molar refractivity (Wildman–Crippen MR) is 95.5 cm³/mol. The van der Waals surface area contributed by atoms with Crippen LogP contribution in [0.3, 0.4) is 0 Å². The molecule has 2 aromatic rings. The number of methoxy groups -OCH3 is 2. The van der Waals surface area contributed by atoms with Gasteiger partial charge in [0.05, 0.1) is 14.2 Å². The third-order valence-electron chi connectivity index (χ3n) is 4.07. The fraction of sp³-hybridized carbons (Fsp3) is 0.350. The molecule has 6 heteroatoms. The van der Waals surface area contributed by atoms with Crippen molar-refractivity contribution < 1.29 is 23.0 Å². The zero-order valence-electron chi connectivity index (χ0n) is 15.1. The van der Waals surface area contributed by atoms with E-state index >= 15 is 0 Å². The minimum Gasteiger partial charge on any atom is -0.493 e. The highest BCUT2D eigenvalue weighted by Crippen LogP contribution is 2.27. The van der Waals surface area contributed by atoms with Crippen LogP contribution in [0.4, 0.5) is 8.78 Å². The van der Waals surface area contributed by atoms with Crippen LogP contribution < -0.4 is 14.8 Å². The van der Waals surface area contributed by atoms with Gasteiger partial charge >= 0.3 is 0 Å². The standard InChI is InChI=1S/C20H23F2NO3/c1-13(11-15-16(21)5-4-6-17(15)22)23-20(24)10-8-14-7-9-18(25-2)19(12-14)26-3/h4-7,9,12-13H,8,10-11H2,1-3H3,(H,23,24). The summed E-state index contributed by atoms with van der Waals surface area (Å²) in [5.74, 6) is -0.146. The first kappa shape index (κ1) is 19.7. The Labute approximate surface area is 152 Å². The normalized spacial score (nSPS) is 11.7. The van der Waals surface area contributed by atoms with Crippen LogP contribution in [0.2, 0.25) is 0 Å². The average Bonchev–Trinajstić information content (AvgIpc) is 2.62. The van der Waals surface area contributed by atoms with Gasteiger partial charge in [-0.25, -0.2) is 8.78 Å². The second-order valence-corrected chi connectivity index (χ2v) is 6.06. The van der Waals surface area contributed by atoms with Crippen LogP contribution in [0.25, 0.3) is 0 Å². The zero-order chi connectivity index (χ0) is 19.1. The van der Waals surface area contributed by atoms with E-state index in [1.807, 2.05) is 12.1 Å². The number of rotatable bonds is 8. The molecule has 2 aromatic carbocycles. The van der Waals surface area contributed by atoms with E-state index < -0.39 is 11.6 Å². The number of benzene rings is 2. The first-order chi connectivity index (χ1) is 12.4. The number of carbonyl (C=O) groups excluding carboxylic acids is 1. The second-order valence-electron chi connectivity index (χ2n) is 6.06. The number of hydrogen-bond acceptors (Lipinski definition) is 3. The molecule has 0 saturated heterocycles. The van der Waals surface area contributed by atoms with E-state index in [1.54, 1.807) is 27.2 Å². The van der Waals surface area contributed by atoms with E-state index in [9.17, 15) is 13.6 Å². The summed E-state index contributed by atoms with van der Waals surface area (Å²) in [5, 5.41) is 2.78. The summed E-state index contributed by atoms with van der Waals surface area (Å²) in [6.07, 6.45) is 0.882. The van der Waals surface area contributed by atoms with Gasteiger partial charge in [-0.2, -0.15) is 0 Å². The molecule has 0 saturated carbocycles. The van der Waals surface area contributed by atoms with Gasteiger partial charge in [0, 0.05) is 18.0 Å². The lowest BCUT2D eigenvalue weighted by molar-refractivity contribution is -0.121. The zero-order valence-corrected chi connectivity index (χ0v) is 15.1. The molecule has 0 aromatic heterocycles. The Kier molecular flexibility index (Phi) is 6.95. The van der Waals surface area contributed by atoms with Crippen molar-refractivity contribution in [3.63, 3.8) is 0 Å². The number of aryl methyl sites for hydroxylation is 1. The Hall–Kier alpha value is -2.63. The number of ether oxygens (including phenoxy) is 2. The summed E-state index contributed by atoms with van der Waals surface area (Å²) >= 11 is 0. The van der Waals surface area contributed by atoms with E-state index in [-0.39, 0.29) is 30.4 Å². The molecule has 1 atom stereocenters. The van der Waals surface area contributed by atoms with Crippen LogP contribution in [0.1, 0.15) is 24.5 Å². The summed E-state index contributed by atoms with van der Waals surface area (Å²) in [7, 11) is 3.11. The molecule has 140 valence electrons. The van der Waals surface area contributed by atoms with Crippen molar-refractivity contribution in [3.8, 4) is 11.5 Å². The van der Waals surface area contributed by atoms with Crippen LogP contribution in [0.15, 0.2) is 36.4 Å². The fourth-order valence-corrected chi connectivity index (χ4v) is 2.73. The summed E-state index contributed by atoms with van der Waals surface area (Å²) in [6.45, 7) is 1.72. The molecule has 0 heterocycles. The van der Waals surface area contributed by atoms with E-state index in [1.165, 1.54) is 18.2 Å². The Bertz CT molecular complexity index is 744. The van der Waals surface area contributed by atoms with Gasteiger partial charge in [-0.15, -0.1) is 0 Å². The number of nitrogens with one attached hydrogen (secondary N) is 1. The van der Waals surface area contributed by atoms with Crippen LogP contribution in [0.5, 0.6) is 11.5 Å². The van der Waals surface area contributed by atoms with Crippen LogP contribution in [-0.4, -0.2) is 26.2 Å². The molecule has 0 fully saturated rings. The van der Waals surface area contributed by atoms with Gasteiger partial charge < -0.3 is 14.8 Å². The van der Waals surface area contributed by atoms with Crippen molar-refractivity contribution in [2.45, 2.75) is 32.2 Å². The lowest BCUT2D eigenvalue weighted by atomic mass is 10.0. The first-order valence-corrected chi connectivity index (χ1v) is 8.37. The van der Waals surface area contributed by atoms with Crippen LogP contribution in [0, 0.1) is 11.6 Å². The van der Waals surface area contributed by atoms with Crippen LogP contribution in [-0.2, 0) is 17.6 Å². The highest BCUT2D eigenvalue weighted by Gasteiger charge is 2.14. The van der Waals surface area contributed by atoms with Gasteiger partial charge in [-0.05, 0) is 49.6 Å². The van der Waals surface area contributed by atoms with Crippen molar-refractivity contribution in [2.24, 2.45) is 0 Å². The van der Waals surface area contributed by atoms with Crippen molar-refractivity contribution >= 4 is 5.91 Å². The monoisotopic (exact) mass is 363 g/mol. The van der Waals surface area contributed by atoms with Gasteiger partial charge in [0.2, 0.25) is 5.91 Å². The van der Waals surface area contributed by atoms with Crippen LogP contribution >= 0.6 is 0 Å². The van der Waals surface area contributed by atoms with Crippen molar-refractivity contribution in [1.29, 1.82) is 0 Å². The largest absolute Gasteiger partial charge is 0.493 e. The van der Waals surface area contributed by atoms with Gasteiger partial charge in [0.15, 0.2) is 11.5 Å². The lowest BCUT2D eigenvalue weighted by Gasteiger charge is -2.15. The number of carbonyl (C=O) groups is 1. The van der Waals surface area contributed by atoms with Gasteiger partial charge in [0.25, 0.3) is 0 Å².